The second kappa shape index (κ2) is 5.99. The molecule has 0 aliphatic carbocycles. The van der Waals surface area contributed by atoms with E-state index in [9.17, 15) is 9.50 Å². The van der Waals surface area contributed by atoms with Gasteiger partial charge in [-0.3, -0.25) is 0 Å². The summed E-state index contributed by atoms with van der Waals surface area (Å²) < 4.78 is 13.4. The van der Waals surface area contributed by atoms with Gasteiger partial charge in [0.1, 0.15) is 12.4 Å². The van der Waals surface area contributed by atoms with Gasteiger partial charge in [-0.15, -0.1) is 12.3 Å². The summed E-state index contributed by atoms with van der Waals surface area (Å²) in [7, 11) is 0. The SMILES string of the molecule is C#CCCON=Cc1c(O)ccc(Cl)c1F. The Hall–Kier alpha value is -1.73. The van der Waals surface area contributed by atoms with Gasteiger partial charge >= 0.3 is 0 Å². The Balaban J connectivity index is 2.73. The van der Waals surface area contributed by atoms with Crippen LogP contribution in [0.4, 0.5) is 4.39 Å². The predicted octanol–water partition coefficient (Wildman–Crippen LogP) is 2.56. The van der Waals surface area contributed by atoms with Crippen LogP contribution in [0.25, 0.3) is 0 Å². The van der Waals surface area contributed by atoms with Crippen LogP contribution in [0.5, 0.6) is 5.75 Å². The van der Waals surface area contributed by atoms with Gasteiger partial charge in [-0.05, 0) is 12.1 Å². The van der Waals surface area contributed by atoms with E-state index in [1.165, 1.54) is 12.1 Å². The molecule has 0 fully saturated rings. The molecule has 0 bridgehead atoms. The molecular formula is C11H9ClFNO2. The Morgan fingerprint density at radius 3 is 3.06 bits per heavy atom. The van der Waals surface area contributed by atoms with Crippen molar-refractivity contribution in [3.05, 3.63) is 28.5 Å². The highest BCUT2D eigenvalue weighted by atomic mass is 35.5. The van der Waals surface area contributed by atoms with Crippen molar-refractivity contribution in [3.63, 3.8) is 0 Å². The number of nitrogens with zero attached hydrogens (tertiary/aromatic N) is 1. The summed E-state index contributed by atoms with van der Waals surface area (Å²) in [4.78, 5) is 4.73. The maximum absolute atomic E-state index is 13.4. The minimum atomic E-state index is -0.744. The number of hydrogen-bond donors (Lipinski definition) is 1. The average Bonchev–Trinajstić information content (AvgIpc) is 2.28. The van der Waals surface area contributed by atoms with Crippen LogP contribution in [0.1, 0.15) is 12.0 Å². The number of oxime groups is 1. The summed E-state index contributed by atoms with van der Waals surface area (Å²) in [5, 5.41) is 12.7. The minimum Gasteiger partial charge on any atom is -0.507 e. The number of aromatic hydroxyl groups is 1. The number of phenols is 1. The Bertz CT molecular complexity index is 440. The number of rotatable bonds is 4. The second-order valence-corrected chi connectivity index (χ2v) is 3.22. The quantitative estimate of drug-likeness (QED) is 0.381. The number of terminal acetylenes is 1. The zero-order chi connectivity index (χ0) is 12.0. The Labute approximate surface area is 97.5 Å². The molecule has 0 radical (unpaired) electrons. The molecule has 5 heteroatoms. The van der Waals surface area contributed by atoms with E-state index in [0.29, 0.717) is 6.42 Å². The van der Waals surface area contributed by atoms with Gasteiger partial charge < -0.3 is 9.94 Å². The maximum atomic E-state index is 13.4. The van der Waals surface area contributed by atoms with E-state index in [4.69, 9.17) is 22.9 Å². The third-order valence-corrected chi connectivity index (χ3v) is 2.00. The third kappa shape index (κ3) is 3.14. The van der Waals surface area contributed by atoms with Crippen LogP contribution in [-0.4, -0.2) is 17.9 Å². The molecule has 1 aromatic carbocycles. The van der Waals surface area contributed by atoms with Crippen molar-refractivity contribution in [2.45, 2.75) is 6.42 Å². The van der Waals surface area contributed by atoms with E-state index in [1.807, 2.05) is 0 Å². The van der Waals surface area contributed by atoms with Gasteiger partial charge in [-0.25, -0.2) is 4.39 Å². The van der Waals surface area contributed by atoms with Crippen LogP contribution in [0.15, 0.2) is 17.3 Å². The molecule has 0 amide bonds. The van der Waals surface area contributed by atoms with E-state index in [0.717, 1.165) is 6.21 Å². The summed E-state index contributed by atoms with van der Waals surface area (Å²) in [5.41, 5.74) is -0.117. The molecule has 0 spiro atoms. The molecule has 0 atom stereocenters. The van der Waals surface area contributed by atoms with Gasteiger partial charge in [0.15, 0.2) is 5.82 Å². The van der Waals surface area contributed by atoms with Crippen molar-refractivity contribution in [1.29, 1.82) is 0 Å². The first-order valence-electron chi connectivity index (χ1n) is 4.42. The molecule has 0 heterocycles. The molecule has 0 saturated carbocycles. The summed E-state index contributed by atoms with van der Waals surface area (Å²) in [6.07, 6.45) is 6.44. The Morgan fingerprint density at radius 2 is 2.38 bits per heavy atom. The molecule has 0 aliphatic rings. The smallest absolute Gasteiger partial charge is 0.154 e. The van der Waals surface area contributed by atoms with E-state index < -0.39 is 5.82 Å². The van der Waals surface area contributed by atoms with Crippen LogP contribution < -0.4 is 0 Å². The molecule has 84 valence electrons. The van der Waals surface area contributed by atoms with E-state index in [1.54, 1.807) is 0 Å². The minimum absolute atomic E-state index is 0.0946. The molecule has 1 N–H and O–H groups in total. The fourth-order valence-electron chi connectivity index (χ4n) is 0.926. The highest BCUT2D eigenvalue weighted by Gasteiger charge is 2.09. The lowest BCUT2D eigenvalue weighted by molar-refractivity contribution is 0.152. The normalized spacial score (nSPS) is 10.3. The zero-order valence-electron chi connectivity index (χ0n) is 8.28. The van der Waals surface area contributed by atoms with Crippen molar-refractivity contribution < 1.29 is 14.3 Å². The average molecular weight is 242 g/mol. The Kier molecular flexibility index (Phi) is 4.62. The fourth-order valence-corrected chi connectivity index (χ4v) is 1.09. The molecule has 0 unspecified atom stereocenters. The zero-order valence-corrected chi connectivity index (χ0v) is 9.04. The van der Waals surface area contributed by atoms with Gasteiger partial charge in [0.25, 0.3) is 0 Å². The Morgan fingerprint density at radius 1 is 1.62 bits per heavy atom. The molecule has 0 aliphatic heterocycles. The predicted molar refractivity (Wildman–Crippen MR) is 60.1 cm³/mol. The van der Waals surface area contributed by atoms with Gasteiger partial charge in [0, 0.05) is 6.42 Å². The number of halogens is 2. The summed E-state index contributed by atoms with van der Waals surface area (Å²) in [5.74, 6) is 1.35. The molecule has 0 saturated heterocycles. The highest BCUT2D eigenvalue weighted by molar-refractivity contribution is 6.31. The third-order valence-electron chi connectivity index (χ3n) is 1.70. The number of hydrogen-bond acceptors (Lipinski definition) is 3. The lowest BCUT2D eigenvalue weighted by Crippen LogP contribution is -1.92. The van der Waals surface area contributed by atoms with Gasteiger partial charge in [0.2, 0.25) is 0 Å². The van der Waals surface area contributed by atoms with Gasteiger partial charge in [-0.2, -0.15) is 0 Å². The number of benzene rings is 1. The molecule has 3 nitrogen and oxygen atoms in total. The van der Waals surface area contributed by atoms with E-state index in [-0.39, 0.29) is 22.9 Å². The van der Waals surface area contributed by atoms with Crippen LogP contribution >= 0.6 is 11.6 Å². The molecule has 0 aromatic heterocycles. The highest BCUT2D eigenvalue weighted by Crippen LogP contribution is 2.24. The molecule has 1 rings (SSSR count). The topological polar surface area (TPSA) is 41.8 Å². The van der Waals surface area contributed by atoms with Gasteiger partial charge in [-0.1, -0.05) is 16.8 Å². The second-order valence-electron chi connectivity index (χ2n) is 2.82. The van der Waals surface area contributed by atoms with Crippen LogP contribution in [-0.2, 0) is 4.84 Å². The van der Waals surface area contributed by atoms with Crippen molar-refractivity contribution in [1.82, 2.24) is 0 Å². The van der Waals surface area contributed by atoms with Crippen molar-refractivity contribution in [2.24, 2.45) is 5.16 Å². The van der Waals surface area contributed by atoms with E-state index in [2.05, 4.69) is 11.1 Å². The summed E-state index contributed by atoms with van der Waals surface area (Å²) >= 11 is 5.53. The van der Waals surface area contributed by atoms with Crippen LogP contribution in [0.3, 0.4) is 0 Å². The lowest BCUT2D eigenvalue weighted by atomic mass is 10.2. The van der Waals surface area contributed by atoms with E-state index >= 15 is 0 Å². The lowest BCUT2D eigenvalue weighted by Gasteiger charge is -2.01. The summed E-state index contributed by atoms with van der Waals surface area (Å²) in [6, 6.07) is 2.52. The standard InChI is InChI=1S/C11H9ClFNO2/c1-2-3-6-16-14-7-8-10(15)5-4-9(12)11(8)13/h1,4-5,7,15H,3,6H2. The van der Waals surface area contributed by atoms with Crippen molar-refractivity contribution >= 4 is 17.8 Å². The number of phenolic OH excluding ortho intramolecular Hbond substituents is 1. The molecule has 1 aromatic rings. The van der Waals surface area contributed by atoms with Crippen LogP contribution in [0.2, 0.25) is 5.02 Å². The van der Waals surface area contributed by atoms with Crippen molar-refractivity contribution in [3.8, 4) is 18.1 Å². The monoisotopic (exact) mass is 241 g/mol. The van der Waals surface area contributed by atoms with Crippen molar-refractivity contribution in [2.75, 3.05) is 6.61 Å². The largest absolute Gasteiger partial charge is 0.507 e. The van der Waals surface area contributed by atoms with Gasteiger partial charge in [0.05, 0.1) is 16.8 Å². The maximum Gasteiger partial charge on any atom is 0.154 e. The first-order valence-corrected chi connectivity index (χ1v) is 4.80. The molecular weight excluding hydrogens is 233 g/mol. The summed E-state index contributed by atoms with van der Waals surface area (Å²) in [6.45, 7) is 0.232. The molecule has 16 heavy (non-hydrogen) atoms. The van der Waals surface area contributed by atoms with Crippen LogP contribution in [0, 0.1) is 18.2 Å². The first kappa shape index (κ1) is 12.3. The fraction of sp³-hybridized carbons (Fsp3) is 0.182. The first-order chi connectivity index (χ1) is 7.66.